The second-order valence-corrected chi connectivity index (χ2v) is 40.3. The summed E-state index contributed by atoms with van der Waals surface area (Å²) in [6, 6.07) is 30.2. The zero-order valence-corrected chi connectivity index (χ0v) is 70.2. The van der Waals surface area contributed by atoms with Crippen LogP contribution in [0.15, 0.2) is 152 Å². The van der Waals surface area contributed by atoms with Crippen molar-refractivity contribution in [2.45, 2.75) is 146 Å². The second kappa shape index (κ2) is 27.5. The van der Waals surface area contributed by atoms with Gasteiger partial charge in [-0.05, 0) is 305 Å². The molecule has 0 aromatic heterocycles. The Hall–Kier alpha value is -9.50. The molecule has 5 heterocycles. The third-order valence-corrected chi connectivity index (χ3v) is 35.5. The first-order valence-corrected chi connectivity index (χ1v) is 45.8. The SMILES string of the molecule is CCc1cccc(CC)c1N1C(=O)C2C3C=CC(C3)C2C1=O.CCc1cccc(CC)c1N1C(=O)C2C3CC(C2C1=O)C1C2C=CC(C2)C31.Cc1ccc(N2C(=O)C3C4C=CC(C4)C3C2=O)c(C)c1.Cc1ccc(N2C(=O)C3C4CC(C3C2=O)C2C3C=CC(C3)C42)c(C)c1.Cc1cccc(C)c1N1C(=O)C2C3CC(C2C1=O)C1C2C=CC(C2)C31. The average molecular weight is 1590 g/mol. The van der Waals surface area contributed by atoms with Gasteiger partial charge in [0.15, 0.2) is 0 Å². The van der Waals surface area contributed by atoms with Crippen molar-refractivity contribution in [1.29, 1.82) is 0 Å². The standard InChI is InChI=1S/C24H27NO2.2C22H23NO2.C19H21NO2.C17H17NO2/c1-3-12-6-5-7-13(4-2)22(12)25-23(26)20-16-11-17(21(20)24(25)27)19-15-9-8-14(10-15)18(16)19;1-10-3-6-16(11(2)7-10)23-21(24)19-14-9-15(20(19)22(23)25)18-13-5-4-12(8-13)17(14)18;1-10-4-3-5-11(2)20(10)23-21(24)18-14-9-15(19(18)22(23)25)17-13-7-6-12(8-13)16(14)17;1-3-11-6-5-7-12(4-2)17(11)20-18(21)15-13-8-9-14(10-13)16(15)19(20)22;1-9-3-6-13(10(2)7-9)18-16(19)14-11-4-5-12(8-11)15(14)17(18)20/h5-9,14-21H,3-4,10-11H2,1-2H3;3-7,12-15,17-20H,8-9H2,1-2H3;3-7,12-19H,8-9H2,1-2H3;5-9,13-16H,3-4,10H2,1-2H3;3-7,11-12,14-15H,8H2,1-2H3. The minimum absolute atomic E-state index is 0.00352. The van der Waals surface area contributed by atoms with Gasteiger partial charge in [0.25, 0.3) is 0 Å². The molecule has 26 rings (SSSR count). The molecule has 15 nitrogen and oxygen atoms in total. The van der Waals surface area contributed by atoms with Crippen LogP contribution in [0.3, 0.4) is 0 Å². The number of anilines is 5. The normalized spacial score (nSPS) is 40.6. The molecule has 5 aromatic carbocycles. The Morgan fingerprint density at radius 3 is 0.714 bits per heavy atom. The summed E-state index contributed by atoms with van der Waals surface area (Å²) in [6.07, 6.45) is 35.4. The van der Waals surface area contributed by atoms with Crippen LogP contribution in [-0.4, -0.2) is 59.1 Å². The highest BCUT2D eigenvalue weighted by molar-refractivity contribution is 6.27. The Balaban J connectivity index is 0.0000000899. The average Bonchev–Trinajstić information content (AvgIpc) is 1.52. The van der Waals surface area contributed by atoms with Gasteiger partial charge in [0.2, 0.25) is 59.1 Å². The van der Waals surface area contributed by atoms with Crippen LogP contribution < -0.4 is 24.5 Å². The van der Waals surface area contributed by atoms with Crippen molar-refractivity contribution >= 4 is 87.5 Å². The van der Waals surface area contributed by atoms with Crippen LogP contribution in [0, 0.1) is 231 Å². The smallest absolute Gasteiger partial charge is 0.238 e. The number of amides is 10. The lowest BCUT2D eigenvalue weighted by atomic mass is 9.65. The predicted octanol–water partition coefficient (Wildman–Crippen LogP) is 16.7. The van der Waals surface area contributed by atoms with E-state index in [4.69, 9.17) is 0 Å². The largest absolute Gasteiger partial charge is 0.274 e. The zero-order valence-electron chi connectivity index (χ0n) is 70.2. The number of rotatable bonds is 9. The Labute approximate surface area is 699 Å². The van der Waals surface area contributed by atoms with Crippen molar-refractivity contribution in [3.8, 4) is 0 Å². The fourth-order valence-electron chi connectivity index (χ4n) is 31.6. The van der Waals surface area contributed by atoms with E-state index in [1.54, 1.807) is 14.7 Å². The number of aryl methyl sites for hydroxylation is 10. The van der Waals surface area contributed by atoms with Gasteiger partial charge in [-0.3, -0.25) is 47.9 Å². The molecule has 5 saturated heterocycles. The number of nitrogens with zero attached hydrogens (tertiary/aromatic N) is 5. The first kappa shape index (κ1) is 75.7. The van der Waals surface area contributed by atoms with E-state index in [9.17, 15) is 47.9 Å². The lowest BCUT2D eigenvalue weighted by Gasteiger charge is -2.36. The number of hydrogen-bond acceptors (Lipinski definition) is 10. The molecule has 16 aliphatic carbocycles. The van der Waals surface area contributed by atoms with Gasteiger partial charge in [-0.15, -0.1) is 0 Å². The van der Waals surface area contributed by atoms with Crippen molar-refractivity contribution in [2.24, 2.45) is 189 Å². The minimum atomic E-state index is -0.114. The van der Waals surface area contributed by atoms with E-state index < -0.39 is 0 Å². The molecule has 119 heavy (non-hydrogen) atoms. The summed E-state index contributed by atoms with van der Waals surface area (Å²) in [5, 5.41) is 0. The minimum Gasteiger partial charge on any atom is -0.274 e. The Kier molecular flexibility index (Phi) is 17.5. The number of hydrogen-bond donors (Lipinski definition) is 0. The summed E-state index contributed by atoms with van der Waals surface area (Å²) in [5.74, 6) is 11.6. The second-order valence-electron chi connectivity index (χ2n) is 40.3. The molecular formula is C104H111N5O10. The van der Waals surface area contributed by atoms with Crippen molar-refractivity contribution in [3.05, 3.63) is 207 Å². The Bertz CT molecular complexity index is 5230. The van der Waals surface area contributed by atoms with Gasteiger partial charge in [0.05, 0.1) is 87.6 Å². The highest BCUT2D eigenvalue weighted by atomic mass is 16.2. The van der Waals surface area contributed by atoms with E-state index in [2.05, 4.69) is 113 Å². The number of benzene rings is 5. The van der Waals surface area contributed by atoms with E-state index in [1.165, 1.54) is 29.1 Å². The molecule has 16 bridgehead atoms. The molecule has 11 saturated carbocycles. The van der Waals surface area contributed by atoms with Crippen molar-refractivity contribution < 1.29 is 47.9 Å². The van der Waals surface area contributed by atoms with Crippen LogP contribution >= 0.6 is 0 Å². The van der Waals surface area contributed by atoms with Crippen LogP contribution in [0.25, 0.3) is 0 Å². The predicted molar refractivity (Wildman–Crippen MR) is 455 cm³/mol. The zero-order chi connectivity index (χ0) is 82.0. The fraction of sp³-hybridized carbons (Fsp3) is 0.519. The lowest BCUT2D eigenvalue weighted by Crippen LogP contribution is -2.38. The van der Waals surface area contributed by atoms with E-state index in [0.29, 0.717) is 107 Å². The highest BCUT2D eigenvalue weighted by Gasteiger charge is 2.75. The van der Waals surface area contributed by atoms with Gasteiger partial charge in [-0.2, -0.15) is 0 Å². The topological polar surface area (TPSA) is 187 Å². The maximum atomic E-state index is 13.6. The number of allylic oxidation sites excluding steroid dienone is 10. The van der Waals surface area contributed by atoms with Crippen LogP contribution in [0.4, 0.5) is 28.4 Å². The van der Waals surface area contributed by atoms with Gasteiger partial charge in [-0.1, -0.05) is 178 Å². The number of carbonyl (C=O) groups is 10. The fourth-order valence-corrected chi connectivity index (χ4v) is 31.6. The monoisotopic (exact) mass is 1590 g/mol. The Morgan fingerprint density at radius 2 is 0.454 bits per heavy atom. The molecule has 5 aliphatic heterocycles. The van der Waals surface area contributed by atoms with E-state index in [-0.39, 0.29) is 142 Å². The summed E-state index contributed by atoms with van der Waals surface area (Å²) < 4.78 is 0. The van der Waals surface area contributed by atoms with Gasteiger partial charge in [-0.25, -0.2) is 24.5 Å². The molecule has 5 aromatic rings. The van der Waals surface area contributed by atoms with E-state index >= 15 is 0 Å². The summed E-state index contributed by atoms with van der Waals surface area (Å²) >= 11 is 0. The molecule has 0 N–H and O–H groups in total. The van der Waals surface area contributed by atoms with Gasteiger partial charge in [0, 0.05) is 0 Å². The first-order valence-electron chi connectivity index (χ1n) is 45.8. The van der Waals surface area contributed by atoms with Crippen LogP contribution in [0.5, 0.6) is 0 Å². The quantitative estimate of drug-likeness (QED) is 0.0781. The molecule has 612 valence electrons. The molecule has 21 aliphatic rings. The third kappa shape index (κ3) is 10.4. The molecule has 0 spiro atoms. The molecule has 0 radical (unpaired) electrons. The van der Waals surface area contributed by atoms with E-state index in [0.717, 1.165) is 142 Å². The lowest BCUT2D eigenvalue weighted by molar-refractivity contribution is -0.125. The molecule has 10 amide bonds. The highest BCUT2D eigenvalue weighted by Crippen LogP contribution is 2.74. The number of imide groups is 5. The summed E-state index contributed by atoms with van der Waals surface area (Å²) in [7, 11) is 0. The summed E-state index contributed by atoms with van der Waals surface area (Å²) in [6.45, 7) is 20.4. The van der Waals surface area contributed by atoms with Crippen molar-refractivity contribution in [2.75, 3.05) is 24.5 Å². The maximum Gasteiger partial charge on any atom is 0.238 e. The summed E-state index contributed by atoms with van der Waals surface area (Å²) in [4.78, 5) is 140. The molecule has 32 unspecified atom stereocenters. The van der Waals surface area contributed by atoms with Crippen molar-refractivity contribution in [3.63, 3.8) is 0 Å². The molecule has 32 atom stereocenters. The van der Waals surface area contributed by atoms with Crippen LogP contribution in [-0.2, 0) is 73.6 Å². The third-order valence-electron chi connectivity index (χ3n) is 35.5. The molecular weight excluding hydrogens is 1480 g/mol. The molecule has 16 fully saturated rings. The number of para-hydroxylation sites is 3. The Morgan fingerprint density at radius 1 is 0.235 bits per heavy atom. The molecule has 15 heteroatoms. The van der Waals surface area contributed by atoms with Crippen LogP contribution in [0.1, 0.15) is 135 Å². The first-order chi connectivity index (χ1) is 57.5. The van der Waals surface area contributed by atoms with E-state index in [1.807, 2.05) is 108 Å². The van der Waals surface area contributed by atoms with Gasteiger partial charge >= 0.3 is 0 Å². The number of carbonyl (C=O) groups excluding carboxylic acids is 10. The summed E-state index contributed by atoms with van der Waals surface area (Å²) in [5.41, 5.74) is 15.0. The van der Waals surface area contributed by atoms with Crippen molar-refractivity contribution in [1.82, 2.24) is 0 Å². The number of fused-ring (bicyclic) bond motifs is 46. The maximum absolute atomic E-state index is 13.6. The van der Waals surface area contributed by atoms with Gasteiger partial charge < -0.3 is 0 Å². The van der Waals surface area contributed by atoms with Gasteiger partial charge in [0.1, 0.15) is 0 Å². The van der Waals surface area contributed by atoms with Crippen LogP contribution in [0.2, 0.25) is 0 Å².